The predicted octanol–water partition coefficient (Wildman–Crippen LogP) is 2.56. The number of H-pyrrole nitrogens is 1. The fourth-order valence-electron chi connectivity index (χ4n) is 1.79. The van der Waals surface area contributed by atoms with E-state index in [9.17, 15) is 4.79 Å². The van der Waals surface area contributed by atoms with Crippen LogP contribution in [0.3, 0.4) is 0 Å². The van der Waals surface area contributed by atoms with E-state index in [0.717, 1.165) is 5.69 Å². The smallest absolute Gasteiger partial charge is 0.336 e. The highest BCUT2D eigenvalue weighted by molar-refractivity contribution is 6.04. The predicted molar refractivity (Wildman–Crippen MR) is 61.8 cm³/mol. The van der Waals surface area contributed by atoms with Crippen LogP contribution in [0.4, 0.5) is 0 Å². The van der Waals surface area contributed by atoms with Gasteiger partial charge in [-0.3, -0.25) is 5.10 Å². The van der Waals surface area contributed by atoms with Crippen LogP contribution in [0.1, 0.15) is 36.8 Å². The van der Waals surface area contributed by atoms with Crippen LogP contribution in [0.5, 0.6) is 0 Å². The molecular weight excluding hydrogens is 204 g/mol. The Bertz CT molecular complexity index is 550. The van der Waals surface area contributed by atoms with Crippen molar-refractivity contribution in [2.24, 2.45) is 0 Å². The lowest BCUT2D eigenvalue weighted by atomic mass is 9.88. The second-order valence-electron chi connectivity index (χ2n) is 4.85. The van der Waals surface area contributed by atoms with Gasteiger partial charge in [-0.2, -0.15) is 5.10 Å². The summed E-state index contributed by atoms with van der Waals surface area (Å²) in [5.74, 6) is -0.919. The number of aromatic carboxylic acids is 1. The second-order valence-corrected chi connectivity index (χ2v) is 4.85. The van der Waals surface area contributed by atoms with Crippen LogP contribution in [0.2, 0.25) is 0 Å². The Morgan fingerprint density at radius 2 is 2.06 bits per heavy atom. The molecule has 2 N–H and O–H groups in total. The van der Waals surface area contributed by atoms with Crippen molar-refractivity contribution < 1.29 is 9.90 Å². The number of carbonyl (C=O) groups is 1. The molecule has 0 saturated heterocycles. The fraction of sp³-hybridized carbons (Fsp3) is 0.333. The van der Waals surface area contributed by atoms with Gasteiger partial charge >= 0.3 is 5.97 Å². The first-order valence-corrected chi connectivity index (χ1v) is 5.12. The molecule has 0 aliphatic carbocycles. The molecule has 0 aliphatic rings. The zero-order chi connectivity index (χ0) is 11.9. The summed E-state index contributed by atoms with van der Waals surface area (Å²) in [6.45, 7) is 6.08. The van der Waals surface area contributed by atoms with Gasteiger partial charge in [0.2, 0.25) is 0 Å². The van der Waals surface area contributed by atoms with E-state index in [1.165, 1.54) is 0 Å². The molecule has 0 aliphatic heterocycles. The largest absolute Gasteiger partial charge is 0.478 e. The van der Waals surface area contributed by atoms with Crippen LogP contribution >= 0.6 is 0 Å². The molecule has 0 fully saturated rings. The van der Waals surface area contributed by atoms with Gasteiger partial charge in [-0.1, -0.05) is 26.8 Å². The summed E-state index contributed by atoms with van der Waals surface area (Å²) in [7, 11) is 0. The quantitative estimate of drug-likeness (QED) is 0.773. The Labute approximate surface area is 93.3 Å². The molecule has 4 nitrogen and oxygen atoms in total. The lowest BCUT2D eigenvalue weighted by molar-refractivity contribution is 0.0699. The molecule has 0 spiro atoms. The monoisotopic (exact) mass is 218 g/mol. The Kier molecular flexibility index (Phi) is 2.22. The van der Waals surface area contributed by atoms with E-state index in [4.69, 9.17) is 5.11 Å². The molecule has 0 radical (unpaired) electrons. The minimum absolute atomic E-state index is 0.152. The zero-order valence-electron chi connectivity index (χ0n) is 9.53. The van der Waals surface area contributed by atoms with Crippen LogP contribution in [0, 0.1) is 0 Å². The van der Waals surface area contributed by atoms with Crippen LogP contribution < -0.4 is 0 Å². The molecule has 0 bridgehead atoms. The number of aromatic amines is 1. The number of fused-ring (bicyclic) bond motifs is 1. The highest BCUT2D eigenvalue weighted by Gasteiger charge is 2.23. The number of hydrogen-bond donors (Lipinski definition) is 2. The summed E-state index contributed by atoms with van der Waals surface area (Å²) >= 11 is 0. The molecule has 0 saturated carbocycles. The van der Waals surface area contributed by atoms with Crippen molar-refractivity contribution in [2.45, 2.75) is 26.2 Å². The first kappa shape index (κ1) is 10.7. The van der Waals surface area contributed by atoms with E-state index >= 15 is 0 Å². The molecule has 4 heteroatoms. The van der Waals surface area contributed by atoms with Gasteiger partial charge in [-0.05, 0) is 12.1 Å². The van der Waals surface area contributed by atoms with Crippen molar-refractivity contribution in [3.05, 3.63) is 29.5 Å². The normalized spacial score (nSPS) is 11.9. The number of carboxylic acids is 1. The van der Waals surface area contributed by atoms with Crippen LogP contribution in [-0.2, 0) is 5.41 Å². The first-order valence-electron chi connectivity index (χ1n) is 5.12. The molecule has 0 amide bonds. The number of nitrogens with one attached hydrogen (secondary N) is 1. The lowest BCUT2D eigenvalue weighted by Gasteiger charge is -2.17. The topological polar surface area (TPSA) is 66.0 Å². The number of rotatable bonds is 1. The average molecular weight is 218 g/mol. The molecule has 0 atom stereocenters. The minimum Gasteiger partial charge on any atom is -0.478 e. The Morgan fingerprint density at radius 3 is 2.62 bits per heavy atom. The van der Waals surface area contributed by atoms with Crippen molar-refractivity contribution >= 4 is 16.9 Å². The van der Waals surface area contributed by atoms with Gasteiger partial charge in [0, 0.05) is 16.5 Å². The second kappa shape index (κ2) is 3.33. The molecule has 2 aromatic rings. The van der Waals surface area contributed by atoms with E-state index in [-0.39, 0.29) is 5.41 Å². The SMILES string of the molecule is CC(C)(C)c1[nH]nc2cccc(C(=O)O)c12. The molecule has 1 heterocycles. The molecule has 84 valence electrons. The molecular formula is C12H14N2O2. The fourth-order valence-corrected chi connectivity index (χ4v) is 1.79. The van der Waals surface area contributed by atoms with E-state index in [2.05, 4.69) is 10.2 Å². The van der Waals surface area contributed by atoms with Crippen LogP contribution in [-0.4, -0.2) is 21.3 Å². The molecule has 1 aromatic carbocycles. The summed E-state index contributed by atoms with van der Waals surface area (Å²) in [4.78, 5) is 11.2. The molecule has 2 rings (SSSR count). The number of aromatic nitrogens is 2. The van der Waals surface area contributed by atoms with E-state index < -0.39 is 5.97 Å². The highest BCUT2D eigenvalue weighted by Crippen LogP contribution is 2.30. The van der Waals surface area contributed by atoms with Gasteiger partial charge in [0.25, 0.3) is 0 Å². The van der Waals surface area contributed by atoms with Gasteiger partial charge in [0.05, 0.1) is 11.1 Å². The summed E-state index contributed by atoms with van der Waals surface area (Å²) in [6, 6.07) is 5.13. The van der Waals surface area contributed by atoms with Gasteiger partial charge in [-0.25, -0.2) is 4.79 Å². The van der Waals surface area contributed by atoms with Crippen molar-refractivity contribution in [1.82, 2.24) is 10.2 Å². The summed E-state index contributed by atoms with van der Waals surface area (Å²) in [5, 5.41) is 16.9. The Hall–Kier alpha value is -1.84. The maximum Gasteiger partial charge on any atom is 0.336 e. The third-order valence-electron chi connectivity index (χ3n) is 2.56. The van der Waals surface area contributed by atoms with Gasteiger partial charge in [-0.15, -0.1) is 0 Å². The van der Waals surface area contributed by atoms with Gasteiger partial charge < -0.3 is 5.11 Å². The lowest BCUT2D eigenvalue weighted by Crippen LogP contribution is -2.13. The Morgan fingerprint density at radius 1 is 1.38 bits per heavy atom. The molecule has 1 aromatic heterocycles. The average Bonchev–Trinajstić information content (AvgIpc) is 2.59. The van der Waals surface area contributed by atoms with Crippen molar-refractivity contribution in [1.29, 1.82) is 0 Å². The van der Waals surface area contributed by atoms with Crippen LogP contribution in [0.15, 0.2) is 18.2 Å². The number of benzene rings is 1. The van der Waals surface area contributed by atoms with E-state index in [1.807, 2.05) is 26.8 Å². The maximum absolute atomic E-state index is 11.2. The third-order valence-corrected chi connectivity index (χ3v) is 2.56. The van der Waals surface area contributed by atoms with E-state index in [1.54, 1.807) is 12.1 Å². The van der Waals surface area contributed by atoms with Crippen molar-refractivity contribution in [3.8, 4) is 0 Å². The standard InChI is InChI=1S/C12H14N2O2/c1-12(2,3)10-9-7(11(15)16)5-4-6-8(9)13-14-10/h4-6H,1-3H3,(H,13,14)(H,15,16). The van der Waals surface area contributed by atoms with Gasteiger partial charge in [0.15, 0.2) is 0 Å². The van der Waals surface area contributed by atoms with Crippen molar-refractivity contribution in [2.75, 3.05) is 0 Å². The van der Waals surface area contributed by atoms with Crippen molar-refractivity contribution in [3.63, 3.8) is 0 Å². The maximum atomic E-state index is 11.2. The number of carboxylic acid groups (broad SMARTS) is 1. The summed E-state index contributed by atoms with van der Waals surface area (Å²) < 4.78 is 0. The van der Waals surface area contributed by atoms with Gasteiger partial charge in [0.1, 0.15) is 0 Å². The zero-order valence-corrected chi connectivity index (χ0v) is 9.53. The molecule has 16 heavy (non-hydrogen) atoms. The Balaban J connectivity index is 2.83. The third kappa shape index (κ3) is 1.56. The summed E-state index contributed by atoms with van der Waals surface area (Å²) in [6.07, 6.45) is 0. The number of hydrogen-bond acceptors (Lipinski definition) is 2. The number of nitrogens with zero attached hydrogens (tertiary/aromatic N) is 1. The molecule has 0 unspecified atom stereocenters. The minimum atomic E-state index is -0.919. The highest BCUT2D eigenvalue weighted by atomic mass is 16.4. The van der Waals surface area contributed by atoms with E-state index in [0.29, 0.717) is 16.5 Å². The summed E-state index contributed by atoms with van der Waals surface area (Å²) in [5.41, 5.74) is 1.71. The first-order chi connectivity index (χ1) is 7.41. The van der Waals surface area contributed by atoms with Crippen LogP contribution in [0.25, 0.3) is 10.9 Å².